The van der Waals surface area contributed by atoms with E-state index in [1.165, 1.54) is 10.7 Å². The van der Waals surface area contributed by atoms with Crippen molar-refractivity contribution < 1.29 is 18.7 Å². The number of hydrogen-bond acceptors (Lipinski definition) is 3. The summed E-state index contributed by atoms with van der Waals surface area (Å²) in [6.07, 6.45) is -0.778. The van der Waals surface area contributed by atoms with E-state index in [1.807, 2.05) is 13.8 Å². The van der Waals surface area contributed by atoms with Gasteiger partial charge in [0.05, 0.1) is 0 Å². The topological polar surface area (TPSA) is 67.2 Å². The summed E-state index contributed by atoms with van der Waals surface area (Å²) in [5, 5.41) is 16.7. The van der Waals surface area contributed by atoms with E-state index in [2.05, 4.69) is 10.4 Å². The van der Waals surface area contributed by atoms with Gasteiger partial charge in [-0.25, -0.2) is 8.78 Å². The predicted octanol–water partition coefficient (Wildman–Crippen LogP) is 4.47. The van der Waals surface area contributed by atoms with Gasteiger partial charge in [-0.3, -0.25) is 9.48 Å². The summed E-state index contributed by atoms with van der Waals surface area (Å²) in [5.74, 6) is 0.178. The maximum absolute atomic E-state index is 12.9. The van der Waals surface area contributed by atoms with E-state index >= 15 is 0 Å². The number of phenols is 1. The van der Waals surface area contributed by atoms with Crippen LogP contribution in [-0.4, -0.2) is 20.8 Å². The van der Waals surface area contributed by atoms with E-state index in [9.17, 15) is 18.7 Å². The zero-order chi connectivity index (χ0) is 19.0. The van der Waals surface area contributed by atoms with Crippen LogP contribution in [0.2, 0.25) is 0 Å². The monoisotopic (exact) mass is 363 g/mol. The molecular formula is C19H23F2N3O2. The molecule has 1 amide bonds. The lowest BCUT2D eigenvalue weighted by molar-refractivity contribution is -0.117. The van der Waals surface area contributed by atoms with Gasteiger partial charge in [-0.05, 0) is 55.0 Å². The van der Waals surface area contributed by atoms with Gasteiger partial charge in [-0.2, -0.15) is 5.10 Å². The first-order valence-electron chi connectivity index (χ1n) is 8.75. The average molecular weight is 363 g/mol. The van der Waals surface area contributed by atoms with Gasteiger partial charge in [0.25, 0.3) is 6.43 Å². The molecule has 0 bridgehead atoms. The SMILES string of the molecule is Cc1cc(O)c(C(C)C)cc1NC(=O)Cn1nc(C(F)F)cc1C1CC1. The molecule has 0 aliphatic heterocycles. The van der Waals surface area contributed by atoms with Crippen LogP contribution in [-0.2, 0) is 11.3 Å². The summed E-state index contributed by atoms with van der Waals surface area (Å²) in [5.41, 5.74) is 2.48. The molecule has 2 aromatic rings. The lowest BCUT2D eigenvalue weighted by Gasteiger charge is -2.15. The minimum atomic E-state index is -2.65. The Morgan fingerprint density at radius 3 is 2.62 bits per heavy atom. The van der Waals surface area contributed by atoms with Crippen LogP contribution in [0.4, 0.5) is 14.5 Å². The summed E-state index contributed by atoms with van der Waals surface area (Å²) in [6.45, 7) is 5.58. The highest BCUT2D eigenvalue weighted by Gasteiger charge is 2.30. The Balaban J connectivity index is 1.78. The molecule has 1 aromatic heterocycles. The van der Waals surface area contributed by atoms with Gasteiger partial charge in [0, 0.05) is 17.3 Å². The second kappa shape index (κ2) is 7.05. The molecule has 1 aromatic carbocycles. The van der Waals surface area contributed by atoms with Crippen molar-refractivity contribution in [1.82, 2.24) is 9.78 Å². The van der Waals surface area contributed by atoms with Crippen LogP contribution < -0.4 is 5.32 Å². The Hall–Kier alpha value is -2.44. The molecule has 26 heavy (non-hydrogen) atoms. The molecule has 1 aliphatic carbocycles. The summed E-state index contributed by atoms with van der Waals surface area (Å²) in [7, 11) is 0. The highest BCUT2D eigenvalue weighted by atomic mass is 19.3. The third kappa shape index (κ3) is 3.86. The molecule has 0 radical (unpaired) electrons. The maximum Gasteiger partial charge on any atom is 0.282 e. The second-order valence-electron chi connectivity index (χ2n) is 7.16. The number of nitrogens with zero attached hydrogens (tertiary/aromatic N) is 2. The van der Waals surface area contributed by atoms with Crippen LogP contribution in [0.3, 0.4) is 0 Å². The number of carbonyl (C=O) groups excluding carboxylic acids is 1. The fraction of sp³-hybridized carbons (Fsp3) is 0.474. The van der Waals surface area contributed by atoms with E-state index in [1.54, 1.807) is 19.1 Å². The largest absolute Gasteiger partial charge is 0.508 e. The standard InChI is InChI=1S/C19H23F2N3O2/c1-10(2)13-7-14(11(3)6-17(13)25)22-18(26)9-24-16(12-4-5-12)8-15(23-24)19(20)21/h6-8,10,12,19,25H,4-5,9H2,1-3H3,(H,22,26). The van der Waals surface area contributed by atoms with Gasteiger partial charge in [0.15, 0.2) is 0 Å². The van der Waals surface area contributed by atoms with Crippen LogP contribution in [0.25, 0.3) is 0 Å². The lowest BCUT2D eigenvalue weighted by atomic mass is 9.99. The molecule has 0 unspecified atom stereocenters. The van der Waals surface area contributed by atoms with Gasteiger partial charge >= 0.3 is 0 Å². The first-order valence-corrected chi connectivity index (χ1v) is 8.75. The number of halogens is 2. The number of benzene rings is 1. The minimum Gasteiger partial charge on any atom is -0.508 e. The van der Waals surface area contributed by atoms with Crippen molar-refractivity contribution in [2.24, 2.45) is 0 Å². The third-order valence-electron chi connectivity index (χ3n) is 4.61. The highest BCUT2D eigenvalue weighted by molar-refractivity contribution is 5.91. The van der Waals surface area contributed by atoms with Gasteiger partial charge < -0.3 is 10.4 Å². The lowest BCUT2D eigenvalue weighted by Crippen LogP contribution is -2.21. The normalized spacial score (nSPS) is 14.3. The van der Waals surface area contributed by atoms with Gasteiger partial charge in [0.2, 0.25) is 5.91 Å². The molecule has 0 atom stereocenters. The number of alkyl halides is 2. The van der Waals surface area contributed by atoms with Crippen LogP contribution in [0.5, 0.6) is 5.75 Å². The molecule has 7 heteroatoms. The number of aryl methyl sites for hydroxylation is 1. The van der Waals surface area contributed by atoms with Crippen LogP contribution in [0.15, 0.2) is 18.2 Å². The van der Waals surface area contributed by atoms with E-state index in [4.69, 9.17) is 0 Å². The van der Waals surface area contributed by atoms with Gasteiger partial charge in [0.1, 0.15) is 18.0 Å². The zero-order valence-corrected chi connectivity index (χ0v) is 15.1. The van der Waals surface area contributed by atoms with Crippen molar-refractivity contribution in [2.45, 2.75) is 58.4 Å². The van der Waals surface area contributed by atoms with Crippen molar-refractivity contribution in [2.75, 3.05) is 5.32 Å². The average Bonchev–Trinajstić information content (AvgIpc) is 3.30. The molecule has 5 nitrogen and oxygen atoms in total. The summed E-state index contributed by atoms with van der Waals surface area (Å²) in [6, 6.07) is 4.77. The Bertz CT molecular complexity index is 826. The zero-order valence-electron chi connectivity index (χ0n) is 15.1. The van der Waals surface area contributed by atoms with Crippen molar-refractivity contribution in [3.63, 3.8) is 0 Å². The van der Waals surface area contributed by atoms with Crippen LogP contribution >= 0.6 is 0 Å². The minimum absolute atomic E-state index is 0.104. The van der Waals surface area contributed by atoms with E-state index in [0.29, 0.717) is 11.4 Å². The molecule has 1 heterocycles. The highest BCUT2D eigenvalue weighted by Crippen LogP contribution is 2.41. The van der Waals surface area contributed by atoms with E-state index in [-0.39, 0.29) is 35.7 Å². The second-order valence-corrected chi connectivity index (χ2v) is 7.16. The fourth-order valence-corrected chi connectivity index (χ4v) is 3.03. The molecule has 2 N–H and O–H groups in total. The molecule has 3 rings (SSSR count). The number of amides is 1. The van der Waals surface area contributed by atoms with Crippen LogP contribution in [0, 0.1) is 6.92 Å². The maximum atomic E-state index is 12.9. The molecule has 140 valence electrons. The Morgan fingerprint density at radius 1 is 1.35 bits per heavy atom. The Labute approximate surface area is 151 Å². The van der Waals surface area contributed by atoms with E-state index in [0.717, 1.165) is 24.0 Å². The fourth-order valence-electron chi connectivity index (χ4n) is 3.03. The molecular weight excluding hydrogens is 340 g/mol. The quantitative estimate of drug-likeness (QED) is 0.744. The Morgan fingerprint density at radius 2 is 2.04 bits per heavy atom. The summed E-state index contributed by atoms with van der Waals surface area (Å²) >= 11 is 0. The van der Waals surface area contributed by atoms with Crippen molar-refractivity contribution >= 4 is 11.6 Å². The predicted molar refractivity (Wildman–Crippen MR) is 94.7 cm³/mol. The number of aromatic hydroxyl groups is 1. The van der Waals surface area contributed by atoms with Gasteiger partial charge in [-0.15, -0.1) is 0 Å². The number of aromatic nitrogens is 2. The summed E-state index contributed by atoms with van der Waals surface area (Å²) < 4.78 is 27.3. The van der Waals surface area contributed by atoms with Crippen molar-refractivity contribution in [3.8, 4) is 5.75 Å². The van der Waals surface area contributed by atoms with Gasteiger partial charge in [-0.1, -0.05) is 13.8 Å². The number of anilines is 1. The number of hydrogen-bond donors (Lipinski definition) is 2. The van der Waals surface area contributed by atoms with Crippen LogP contribution in [0.1, 0.15) is 67.5 Å². The smallest absolute Gasteiger partial charge is 0.282 e. The van der Waals surface area contributed by atoms with Crippen molar-refractivity contribution in [3.05, 3.63) is 40.7 Å². The number of carbonyl (C=O) groups is 1. The number of rotatable bonds is 6. The molecule has 1 aliphatic rings. The van der Waals surface area contributed by atoms with Crippen molar-refractivity contribution in [1.29, 1.82) is 0 Å². The summed E-state index contributed by atoms with van der Waals surface area (Å²) in [4.78, 5) is 12.5. The number of phenolic OH excluding ortho intramolecular Hbond substituents is 1. The van der Waals surface area contributed by atoms with E-state index < -0.39 is 6.43 Å². The third-order valence-corrected chi connectivity index (χ3v) is 4.61. The first kappa shape index (κ1) is 18.4. The Kier molecular flexibility index (Phi) is 4.98. The first-order chi connectivity index (χ1) is 12.3. The molecule has 0 spiro atoms. The molecule has 1 fully saturated rings. The molecule has 1 saturated carbocycles. The molecule has 0 saturated heterocycles. The number of nitrogens with one attached hydrogen (secondary N) is 1.